The molecule has 5 heteroatoms. The number of hydrogen-bond donors (Lipinski definition) is 2. The number of likely N-dealkylation sites (N-methyl/N-ethyl adjacent to an activating group) is 1. The van der Waals surface area contributed by atoms with Crippen molar-refractivity contribution < 1.29 is 4.74 Å². The Morgan fingerprint density at radius 1 is 1.60 bits per heavy atom. The number of nitrogens with zero attached hydrogens (tertiary/aromatic N) is 1. The van der Waals surface area contributed by atoms with Crippen LogP contribution < -0.4 is 10.6 Å². The van der Waals surface area contributed by atoms with Gasteiger partial charge in [-0.3, -0.25) is 0 Å². The predicted molar refractivity (Wildman–Crippen MR) is 66.1 cm³/mol. The fourth-order valence-corrected chi connectivity index (χ4v) is 1.98. The molecule has 0 amide bonds. The molecule has 0 aliphatic carbocycles. The zero-order valence-electron chi connectivity index (χ0n) is 9.58. The molecular formula is C10H21N3OS. The molecule has 4 nitrogen and oxygen atoms in total. The van der Waals surface area contributed by atoms with Crippen molar-refractivity contribution in [3.05, 3.63) is 0 Å². The van der Waals surface area contributed by atoms with E-state index in [2.05, 4.69) is 22.6 Å². The van der Waals surface area contributed by atoms with Crippen molar-refractivity contribution >= 4 is 17.3 Å². The van der Waals surface area contributed by atoms with Gasteiger partial charge in [0, 0.05) is 32.8 Å². The summed E-state index contributed by atoms with van der Waals surface area (Å²) in [5.74, 6) is 0. The summed E-state index contributed by atoms with van der Waals surface area (Å²) in [4.78, 5) is 2.31. The van der Waals surface area contributed by atoms with E-state index in [1.807, 2.05) is 0 Å². The van der Waals surface area contributed by atoms with E-state index in [9.17, 15) is 0 Å². The highest BCUT2D eigenvalue weighted by Crippen LogP contribution is 2.05. The van der Waals surface area contributed by atoms with E-state index in [1.54, 1.807) is 7.11 Å². The number of ether oxygens (including phenoxy) is 1. The largest absolute Gasteiger partial charge is 0.385 e. The van der Waals surface area contributed by atoms with Gasteiger partial charge in [0.15, 0.2) is 5.11 Å². The molecule has 88 valence electrons. The second-order valence-electron chi connectivity index (χ2n) is 3.99. The maximum Gasteiger partial charge on any atom is 0.166 e. The summed E-state index contributed by atoms with van der Waals surface area (Å²) in [6.07, 6.45) is 2.17. The Bertz CT molecular complexity index is 201. The van der Waals surface area contributed by atoms with Gasteiger partial charge in [-0.25, -0.2) is 0 Å². The molecule has 1 saturated heterocycles. The first-order valence-corrected chi connectivity index (χ1v) is 5.85. The third-order valence-electron chi connectivity index (χ3n) is 2.54. The smallest absolute Gasteiger partial charge is 0.166 e. The van der Waals surface area contributed by atoms with Crippen LogP contribution in [0.3, 0.4) is 0 Å². The van der Waals surface area contributed by atoms with Crippen molar-refractivity contribution in [3.8, 4) is 0 Å². The lowest BCUT2D eigenvalue weighted by atomic mass is 10.3. The van der Waals surface area contributed by atoms with Gasteiger partial charge in [-0.05, 0) is 38.7 Å². The second kappa shape index (κ2) is 6.98. The zero-order valence-corrected chi connectivity index (χ0v) is 10.4. The maximum absolute atomic E-state index is 5.20. The van der Waals surface area contributed by atoms with E-state index >= 15 is 0 Å². The fourth-order valence-electron chi connectivity index (χ4n) is 1.71. The molecule has 0 bridgehead atoms. The van der Waals surface area contributed by atoms with Gasteiger partial charge in [0.1, 0.15) is 0 Å². The predicted octanol–water partition coefficient (Wildman–Crippen LogP) is 0.191. The van der Waals surface area contributed by atoms with Gasteiger partial charge in [0.25, 0.3) is 0 Å². The summed E-state index contributed by atoms with van der Waals surface area (Å²) >= 11 is 5.20. The number of hydrogen-bond acceptors (Lipinski definition) is 3. The fraction of sp³-hybridized carbons (Fsp3) is 0.900. The van der Waals surface area contributed by atoms with Crippen LogP contribution in [0.4, 0.5) is 0 Å². The highest BCUT2D eigenvalue weighted by atomic mass is 32.1. The van der Waals surface area contributed by atoms with Crippen LogP contribution in [0.2, 0.25) is 0 Å². The van der Waals surface area contributed by atoms with E-state index in [4.69, 9.17) is 17.0 Å². The number of likely N-dealkylation sites (tertiary alicyclic amines) is 1. The number of rotatable bonds is 5. The average molecular weight is 231 g/mol. The quantitative estimate of drug-likeness (QED) is 0.522. The minimum atomic E-state index is 0.512. The lowest BCUT2D eigenvalue weighted by Gasteiger charge is -2.16. The molecule has 2 N–H and O–H groups in total. The van der Waals surface area contributed by atoms with E-state index in [0.29, 0.717) is 6.04 Å². The molecule has 1 unspecified atom stereocenters. The summed E-state index contributed by atoms with van der Waals surface area (Å²) in [5, 5.41) is 7.27. The first-order chi connectivity index (χ1) is 7.22. The number of methoxy groups -OCH3 is 1. The molecule has 1 heterocycles. The normalized spacial score (nSPS) is 21.6. The molecule has 0 aromatic rings. The van der Waals surface area contributed by atoms with Gasteiger partial charge in [-0.1, -0.05) is 0 Å². The molecule has 1 aliphatic rings. The summed E-state index contributed by atoms with van der Waals surface area (Å²) < 4.78 is 4.96. The summed E-state index contributed by atoms with van der Waals surface area (Å²) in [7, 11) is 3.85. The topological polar surface area (TPSA) is 36.5 Å². The molecule has 1 atom stereocenters. The first kappa shape index (κ1) is 12.7. The minimum absolute atomic E-state index is 0.512. The van der Waals surface area contributed by atoms with Crippen LogP contribution in [0.1, 0.15) is 12.8 Å². The van der Waals surface area contributed by atoms with E-state index in [0.717, 1.165) is 37.8 Å². The lowest BCUT2D eigenvalue weighted by Crippen LogP contribution is -2.43. The summed E-state index contributed by atoms with van der Waals surface area (Å²) in [6, 6.07) is 0.512. The maximum atomic E-state index is 5.20. The molecule has 0 spiro atoms. The molecule has 0 aromatic heterocycles. The highest BCUT2D eigenvalue weighted by molar-refractivity contribution is 7.80. The molecule has 1 fully saturated rings. The zero-order chi connectivity index (χ0) is 11.1. The highest BCUT2D eigenvalue weighted by Gasteiger charge is 2.19. The molecular weight excluding hydrogens is 210 g/mol. The van der Waals surface area contributed by atoms with E-state index in [-0.39, 0.29) is 0 Å². The first-order valence-electron chi connectivity index (χ1n) is 5.44. The number of thiocarbonyl (C=S) groups is 1. The SMILES string of the molecule is COCCCNC(=S)NC1CCN(C)C1. The third-order valence-corrected chi connectivity index (χ3v) is 2.80. The molecule has 1 aliphatic heterocycles. The van der Waals surface area contributed by atoms with Crippen molar-refractivity contribution in [2.45, 2.75) is 18.9 Å². The Balaban J connectivity index is 2.03. The van der Waals surface area contributed by atoms with E-state index < -0.39 is 0 Å². The standard InChI is InChI=1S/C10H21N3OS/c1-13-6-4-9(8-13)12-10(15)11-5-3-7-14-2/h9H,3-8H2,1-2H3,(H2,11,12,15). The third kappa shape index (κ3) is 5.30. The monoisotopic (exact) mass is 231 g/mol. The Kier molecular flexibility index (Phi) is 5.90. The second-order valence-corrected chi connectivity index (χ2v) is 4.40. The van der Waals surface area contributed by atoms with Crippen LogP contribution in [-0.4, -0.2) is 56.5 Å². The Hall–Kier alpha value is -0.390. The van der Waals surface area contributed by atoms with Gasteiger partial charge in [0.2, 0.25) is 0 Å². The van der Waals surface area contributed by atoms with Crippen LogP contribution in [0.25, 0.3) is 0 Å². The van der Waals surface area contributed by atoms with Crippen LogP contribution in [-0.2, 0) is 4.74 Å². The average Bonchev–Trinajstić information content (AvgIpc) is 2.59. The van der Waals surface area contributed by atoms with Gasteiger partial charge in [0.05, 0.1) is 0 Å². The summed E-state index contributed by atoms with van der Waals surface area (Å²) in [5.41, 5.74) is 0. The van der Waals surface area contributed by atoms with Crippen molar-refractivity contribution in [2.75, 3.05) is 40.4 Å². The van der Waals surface area contributed by atoms with Gasteiger partial charge < -0.3 is 20.3 Å². The van der Waals surface area contributed by atoms with Crippen LogP contribution in [0.15, 0.2) is 0 Å². The van der Waals surface area contributed by atoms with Gasteiger partial charge in [-0.2, -0.15) is 0 Å². The molecule has 0 radical (unpaired) electrons. The van der Waals surface area contributed by atoms with Gasteiger partial charge >= 0.3 is 0 Å². The minimum Gasteiger partial charge on any atom is -0.385 e. The van der Waals surface area contributed by atoms with Gasteiger partial charge in [-0.15, -0.1) is 0 Å². The molecule has 1 rings (SSSR count). The molecule has 15 heavy (non-hydrogen) atoms. The van der Waals surface area contributed by atoms with Crippen LogP contribution >= 0.6 is 12.2 Å². The Morgan fingerprint density at radius 2 is 2.40 bits per heavy atom. The Morgan fingerprint density at radius 3 is 3.00 bits per heavy atom. The summed E-state index contributed by atoms with van der Waals surface area (Å²) in [6.45, 7) is 3.90. The van der Waals surface area contributed by atoms with E-state index in [1.165, 1.54) is 6.42 Å². The van der Waals surface area contributed by atoms with Crippen LogP contribution in [0, 0.1) is 0 Å². The Labute approximate surface area is 97.3 Å². The van der Waals surface area contributed by atoms with Crippen LogP contribution in [0.5, 0.6) is 0 Å². The van der Waals surface area contributed by atoms with Crippen molar-refractivity contribution in [3.63, 3.8) is 0 Å². The lowest BCUT2D eigenvalue weighted by molar-refractivity contribution is 0.195. The molecule has 0 saturated carbocycles. The van der Waals surface area contributed by atoms with Crippen molar-refractivity contribution in [1.82, 2.24) is 15.5 Å². The number of nitrogens with one attached hydrogen (secondary N) is 2. The van der Waals surface area contributed by atoms with Crippen molar-refractivity contribution in [1.29, 1.82) is 0 Å². The van der Waals surface area contributed by atoms with Crippen molar-refractivity contribution in [2.24, 2.45) is 0 Å². The molecule has 0 aromatic carbocycles.